The average Bonchev–Trinajstić information content (AvgIpc) is 2.49. The van der Waals surface area contributed by atoms with Crippen molar-refractivity contribution in [2.75, 3.05) is 13.1 Å². The highest BCUT2D eigenvalue weighted by molar-refractivity contribution is 5.85. The third-order valence-corrected chi connectivity index (χ3v) is 4.44. The van der Waals surface area contributed by atoms with Crippen molar-refractivity contribution in [3.05, 3.63) is 71.3 Å². The van der Waals surface area contributed by atoms with Gasteiger partial charge in [0.25, 0.3) is 0 Å². The second kappa shape index (κ2) is 7.28. The standard InChI is InChI=1S/C19H23NO.ClH/c1-15-7-5-10-17(13-15)18(16-8-3-2-4-9-16)19(21)11-6-12-20-14-19;/h2-5,7-10,13,18,20-21H,6,11-12,14H2,1H3;1H. The summed E-state index contributed by atoms with van der Waals surface area (Å²) in [5.74, 6) is 0.0198. The van der Waals surface area contributed by atoms with Gasteiger partial charge in [-0.3, -0.25) is 0 Å². The molecule has 2 aromatic rings. The van der Waals surface area contributed by atoms with Crippen LogP contribution in [0, 0.1) is 6.92 Å². The SMILES string of the molecule is Cc1cccc(C(c2ccccc2)C2(O)CCCNC2)c1.Cl. The summed E-state index contributed by atoms with van der Waals surface area (Å²) in [6.45, 7) is 3.76. The van der Waals surface area contributed by atoms with E-state index < -0.39 is 5.60 Å². The molecule has 118 valence electrons. The van der Waals surface area contributed by atoms with Crippen molar-refractivity contribution < 1.29 is 5.11 Å². The van der Waals surface area contributed by atoms with Crippen LogP contribution in [0.2, 0.25) is 0 Å². The van der Waals surface area contributed by atoms with Gasteiger partial charge in [-0.1, -0.05) is 60.2 Å². The Kier molecular flexibility index (Phi) is 5.63. The number of nitrogens with one attached hydrogen (secondary N) is 1. The number of benzene rings is 2. The van der Waals surface area contributed by atoms with Gasteiger partial charge in [-0.2, -0.15) is 0 Å². The quantitative estimate of drug-likeness (QED) is 0.905. The minimum atomic E-state index is -0.715. The Morgan fingerprint density at radius 3 is 2.41 bits per heavy atom. The summed E-state index contributed by atoms with van der Waals surface area (Å²) in [5, 5.41) is 14.6. The molecule has 3 rings (SSSR count). The van der Waals surface area contributed by atoms with E-state index in [1.54, 1.807) is 0 Å². The van der Waals surface area contributed by atoms with Crippen LogP contribution in [-0.4, -0.2) is 23.8 Å². The zero-order valence-corrected chi connectivity index (χ0v) is 13.8. The molecule has 1 fully saturated rings. The zero-order valence-electron chi connectivity index (χ0n) is 13.0. The maximum absolute atomic E-state index is 11.3. The van der Waals surface area contributed by atoms with E-state index in [2.05, 4.69) is 60.8 Å². The van der Waals surface area contributed by atoms with Crippen LogP contribution >= 0.6 is 12.4 Å². The van der Waals surface area contributed by atoms with Crippen molar-refractivity contribution >= 4 is 12.4 Å². The predicted molar refractivity (Wildman–Crippen MR) is 93.8 cm³/mol. The highest BCUT2D eigenvalue weighted by atomic mass is 35.5. The summed E-state index contributed by atoms with van der Waals surface area (Å²) in [6, 6.07) is 18.9. The smallest absolute Gasteiger partial charge is 0.0880 e. The molecule has 1 aliphatic heterocycles. The normalized spacial score (nSPS) is 22.6. The summed E-state index contributed by atoms with van der Waals surface area (Å²) < 4.78 is 0. The summed E-state index contributed by atoms with van der Waals surface area (Å²) in [7, 11) is 0. The lowest BCUT2D eigenvalue weighted by molar-refractivity contribution is 0.00121. The lowest BCUT2D eigenvalue weighted by Gasteiger charge is -2.40. The minimum absolute atomic E-state index is 0. The van der Waals surface area contributed by atoms with Crippen LogP contribution in [0.1, 0.15) is 35.4 Å². The lowest BCUT2D eigenvalue weighted by atomic mass is 9.73. The van der Waals surface area contributed by atoms with Crippen molar-refractivity contribution in [1.82, 2.24) is 5.32 Å². The van der Waals surface area contributed by atoms with Gasteiger partial charge >= 0.3 is 0 Å². The Balaban J connectivity index is 0.00000176. The molecule has 0 radical (unpaired) electrons. The van der Waals surface area contributed by atoms with Crippen LogP contribution in [0.15, 0.2) is 54.6 Å². The maximum atomic E-state index is 11.3. The molecule has 2 N–H and O–H groups in total. The fraction of sp³-hybridized carbons (Fsp3) is 0.368. The summed E-state index contributed by atoms with van der Waals surface area (Å²) in [6.07, 6.45) is 1.86. The summed E-state index contributed by atoms with van der Waals surface area (Å²) in [5.41, 5.74) is 2.91. The molecule has 22 heavy (non-hydrogen) atoms. The largest absolute Gasteiger partial charge is 0.388 e. The number of hydrogen-bond donors (Lipinski definition) is 2. The van der Waals surface area contributed by atoms with Crippen molar-refractivity contribution in [3.63, 3.8) is 0 Å². The number of aryl methyl sites for hydroxylation is 1. The molecule has 0 aliphatic carbocycles. The van der Waals surface area contributed by atoms with Crippen molar-refractivity contribution in [2.24, 2.45) is 0 Å². The Labute approximate surface area is 139 Å². The Morgan fingerprint density at radius 2 is 1.77 bits per heavy atom. The van der Waals surface area contributed by atoms with Crippen molar-refractivity contribution in [2.45, 2.75) is 31.3 Å². The van der Waals surface area contributed by atoms with Gasteiger partial charge in [0.2, 0.25) is 0 Å². The zero-order chi connectivity index (χ0) is 14.7. The van der Waals surface area contributed by atoms with E-state index in [4.69, 9.17) is 0 Å². The van der Waals surface area contributed by atoms with Crippen molar-refractivity contribution in [3.8, 4) is 0 Å². The van der Waals surface area contributed by atoms with Gasteiger partial charge < -0.3 is 10.4 Å². The van der Waals surface area contributed by atoms with Gasteiger partial charge in [-0.15, -0.1) is 12.4 Å². The summed E-state index contributed by atoms with van der Waals surface area (Å²) in [4.78, 5) is 0. The Hall–Kier alpha value is -1.35. The molecular formula is C19H24ClNO. The number of β-amino-alcohol motifs (C(OH)–C–C–N with tert-alkyl or cyclic N) is 1. The molecule has 0 spiro atoms. The summed E-state index contributed by atoms with van der Waals surface area (Å²) >= 11 is 0. The highest BCUT2D eigenvalue weighted by Crippen LogP contribution is 2.38. The van der Waals surface area contributed by atoms with E-state index in [1.807, 2.05) is 6.07 Å². The van der Waals surface area contributed by atoms with Crippen LogP contribution in [0.25, 0.3) is 0 Å². The van der Waals surface area contributed by atoms with E-state index in [9.17, 15) is 5.11 Å². The average molecular weight is 318 g/mol. The molecule has 0 bridgehead atoms. The number of rotatable bonds is 3. The van der Waals surface area contributed by atoms with Gasteiger partial charge in [-0.05, 0) is 37.4 Å². The first-order valence-electron chi connectivity index (χ1n) is 7.74. The van der Waals surface area contributed by atoms with Crippen LogP contribution in [0.4, 0.5) is 0 Å². The fourth-order valence-corrected chi connectivity index (χ4v) is 3.47. The first-order valence-corrected chi connectivity index (χ1v) is 7.74. The van der Waals surface area contributed by atoms with E-state index in [-0.39, 0.29) is 18.3 Å². The molecule has 2 aromatic carbocycles. The first kappa shape index (κ1) is 17.0. The third kappa shape index (κ3) is 3.52. The minimum Gasteiger partial charge on any atom is -0.388 e. The van der Waals surface area contributed by atoms with Gasteiger partial charge in [0.1, 0.15) is 0 Å². The molecule has 0 aromatic heterocycles. The van der Waals surface area contributed by atoms with Crippen LogP contribution in [-0.2, 0) is 0 Å². The van der Waals surface area contributed by atoms with Crippen molar-refractivity contribution in [1.29, 1.82) is 0 Å². The van der Waals surface area contributed by atoms with Gasteiger partial charge in [-0.25, -0.2) is 0 Å². The lowest BCUT2D eigenvalue weighted by Crippen LogP contribution is -2.50. The van der Waals surface area contributed by atoms with Crippen LogP contribution in [0.3, 0.4) is 0 Å². The molecule has 1 aliphatic rings. The topological polar surface area (TPSA) is 32.3 Å². The Bertz CT molecular complexity index is 593. The monoisotopic (exact) mass is 317 g/mol. The van der Waals surface area contributed by atoms with E-state index in [0.29, 0.717) is 6.54 Å². The van der Waals surface area contributed by atoms with Crippen LogP contribution < -0.4 is 5.32 Å². The number of piperidine rings is 1. The molecule has 2 unspecified atom stereocenters. The van der Waals surface area contributed by atoms with Gasteiger partial charge in [0.05, 0.1) is 5.60 Å². The predicted octanol–water partition coefficient (Wildman–Crippen LogP) is 3.66. The fourth-order valence-electron chi connectivity index (χ4n) is 3.47. The van der Waals surface area contributed by atoms with E-state index >= 15 is 0 Å². The first-order chi connectivity index (χ1) is 10.2. The number of aliphatic hydroxyl groups is 1. The second-order valence-corrected chi connectivity index (χ2v) is 6.14. The van der Waals surface area contributed by atoms with E-state index in [0.717, 1.165) is 19.4 Å². The molecule has 1 heterocycles. The van der Waals surface area contributed by atoms with Gasteiger partial charge in [0.15, 0.2) is 0 Å². The molecule has 1 saturated heterocycles. The number of hydrogen-bond acceptors (Lipinski definition) is 2. The van der Waals surface area contributed by atoms with E-state index in [1.165, 1.54) is 16.7 Å². The third-order valence-electron chi connectivity index (χ3n) is 4.44. The molecule has 3 heteroatoms. The molecule has 0 amide bonds. The number of halogens is 1. The molecule has 2 atom stereocenters. The van der Waals surface area contributed by atoms with Crippen LogP contribution in [0.5, 0.6) is 0 Å². The molecular weight excluding hydrogens is 294 g/mol. The second-order valence-electron chi connectivity index (χ2n) is 6.14. The highest BCUT2D eigenvalue weighted by Gasteiger charge is 2.39. The molecule has 0 saturated carbocycles. The van der Waals surface area contributed by atoms with Gasteiger partial charge in [0, 0.05) is 12.5 Å². The maximum Gasteiger partial charge on any atom is 0.0880 e. The Morgan fingerprint density at radius 1 is 1.05 bits per heavy atom. The molecule has 2 nitrogen and oxygen atoms in total.